The molecule has 0 aromatic heterocycles. The van der Waals surface area contributed by atoms with Gasteiger partial charge in [-0.2, -0.15) is 0 Å². The highest BCUT2D eigenvalue weighted by atomic mass is 19.4. The SMILES string of the molecule is FC(F)(F)Oc1ccccc1CON=Cc1cccc(C2CCCCC2)c1. The van der Waals surface area contributed by atoms with Crippen molar-refractivity contribution < 1.29 is 22.7 Å². The van der Waals surface area contributed by atoms with E-state index in [1.807, 2.05) is 12.1 Å². The number of oxime groups is 1. The molecule has 2 aromatic rings. The normalized spacial score (nSPS) is 15.8. The van der Waals surface area contributed by atoms with Crippen LogP contribution in [0, 0.1) is 0 Å². The number of hydrogen-bond acceptors (Lipinski definition) is 3. The topological polar surface area (TPSA) is 30.8 Å². The first-order valence-corrected chi connectivity index (χ1v) is 9.10. The van der Waals surface area contributed by atoms with Gasteiger partial charge >= 0.3 is 6.36 Å². The summed E-state index contributed by atoms with van der Waals surface area (Å²) >= 11 is 0. The summed E-state index contributed by atoms with van der Waals surface area (Å²) < 4.78 is 41.3. The zero-order chi connectivity index (χ0) is 19.1. The Labute approximate surface area is 156 Å². The number of alkyl halides is 3. The molecule has 0 bridgehead atoms. The molecular formula is C21H22F3NO2. The minimum Gasteiger partial charge on any atom is -0.405 e. The van der Waals surface area contributed by atoms with Gasteiger partial charge in [0, 0.05) is 5.56 Å². The summed E-state index contributed by atoms with van der Waals surface area (Å²) in [6, 6.07) is 14.0. The Hall–Kier alpha value is -2.50. The lowest BCUT2D eigenvalue weighted by atomic mass is 9.84. The van der Waals surface area contributed by atoms with Crippen molar-refractivity contribution in [1.29, 1.82) is 0 Å². The van der Waals surface area contributed by atoms with E-state index in [1.165, 1.54) is 55.9 Å². The Morgan fingerprint density at radius 1 is 1.00 bits per heavy atom. The molecule has 0 heterocycles. The van der Waals surface area contributed by atoms with E-state index >= 15 is 0 Å². The number of nitrogens with zero attached hydrogens (tertiary/aromatic N) is 1. The molecule has 2 aromatic carbocycles. The quantitative estimate of drug-likeness (QED) is 0.444. The Kier molecular flexibility index (Phi) is 6.37. The summed E-state index contributed by atoms with van der Waals surface area (Å²) in [5, 5.41) is 3.90. The number of para-hydroxylation sites is 1. The fourth-order valence-electron chi connectivity index (χ4n) is 3.38. The van der Waals surface area contributed by atoms with Crippen LogP contribution in [0.25, 0.3) is 0 Å². The predicted molar refractivity (Wildman–Crippen MR) is 97.8 cm³/mol. The Morgan fingerprint density at radius 3 is 2.56 bits per heavy atom. The van der Waals surface area contributed by atoms with Gasteiger partial charge in [-0.25, -0.2) is 0 Å². The molecule has 0 aliphatic heterocycles. The molecular weight excluding hydrogens is 355 g/mol. The second-order valence-corrected chi connectivity index (χ2v) is 6.67. The fraction of sp³-hybridized carbons (Fsp3) is 0.381. The maximum Gasteiger partial charge on any atom is 0.573 e. The van der Waals surface area contributed by atoms with E-state index in [4.69, 9.17) is 4.84 Å². The zero-order valence-corrected chi connectivity index (χ0v) is 14.9. The maximum atomic E-state index is 12.4. The first-order chi connectivity index (χ1) is 13.0. The molecule has 0 spiro atoms. The van der Waals surface area contributed by atoms with Crippen LogP contribution in [0.5, 0.6) is 5.75 Å². The van der Waals surface area contributed by atoms with E-state index in [9.17, 15) is 13.2 Å². The number of halogens is 3. The molecule has 0 saturated heterocycles. The number of hydrogen-bond donors (Lipinski definition) is 0. The molecule has 1 saturated carbocycles. The van der Waals surface area contributed by atoms with Gasteiger partial charge in [-0.05, 0) is 42.0 Å². The van der Waals surface area contributed by atoms with Crippen LogP contribution in [0.2, 0.25) is 0 Å². The first kappa shape index (κ1) is 19.3. The molecule has 1 fully saturated rings. The highest BCUT2D eigenvalue weighted by Crippen LogP contribution is 2.32. The standard InChI is InChI=1S/C21H22F3NO2/c22-21(23,24)27-20-12-5-4-10-19(20)15-26-25-14-16-7-6-11-18(13-16)17-8-2-1-3-9-17/h4-7,10-14,17H,1-3,8-9,15H2. The third-order valence-electron chi connectivity index (χ3n) is 4.68. The molecule has 0 radical (unpaired) electrons. The monoisotopic (exact) mass is 377 g/mol. The lowest BCUT2D eigenvalue weighted by Crippen LogP contribution is -2.18. The minimum atomic E-state index is -4.74. The van der Waals surface area contributed by atoms with Crippen molar-refractivity contribution >= 4 is 6.21 Å². The summed E-state index contributed by atoms with van der Waals surface area (Å²) in [5.74, 6) is 0.318. The van der Waals surface area contributed by atoms with Crippen LogP contribution in [-0.4, -0.2) is 12.6 Å². The average Bonchev–Trinajstić information content (AvgIpc) is 2.66. The summed E-state index contributed by atoms with van der Waals surface area (Å²) in [6.45, 7) is -0.106. The molecule has 0 unspecified atom stereocenters. The van der Waals surface area contributed by atoms with Crippen molar-refractivity contribution in [2.45, 2.75) is 51.0 Å². The van der Waals surface area contributed by atoms with Crippen molar-refractivity contribution in [2.24, 2.45) is 5.16 Å². The number of benzene rings is 2. The van der Waals surface area contributed by atoms with Crippen molar-refractivity contribution in [3.8, 4) is 5.75 Å². The summed E-state index contributed by atoms with van der Waals surface area (Å²) in [5.41, 5.74) is 2.50. The van der Waals surface area contributed by atoms with E-state index in [-0.39, 0.29) is 17.9 Å². The van der Waals surface area contributed by atoms with E-state index in [0.29, 0.717) is 5.92 Å². The Morgan fingerprint density at radius 2 is 1.78 bits per heavy atom. The van der Waals surface area contributed by atoms with Gasteiger partial charge in [0.15, 0.2) is 0 Å². The van der Waals surface area contributed by atoms with Gasteiger partial charge in [-0.1, -0.05) is 60.8 Å². The highest BCUT2D eigenvalue weighted by molar-refractivity contribution is 5.79. The molecule has 0 atom stereocenters. The molecule has 27 heavy (non-hydrogen) atoms. The van der Waals surface area contributed by atoms with E-state index in [1.54, 1.807) is 12.3 Å². The van der Waals surface area contributed by atoms with Crippen molar-refractivity contribution in [1.82, 2.24) is 0 Å². The largest absolute Gasteiger partial charge is 0.573 e. The number of ether oxygens (including phenoxy) is 1. The Balaban J connectivity index is 1.59. The molecule has 1 aliphatic carbocycles. The third kappa shape index (κ3) is 6.01. The van der Waals surface area contributed by atoms with Crippen LogP contribution in [-0.2, 0) is 11.4 Å². The van der Waals surface area contributed by atoms with Crippen molar-refractivity contribution in [3.05, 3.63) is 65.2 Å². The van der Waals surface area contributed by atoms with E-state index in [0.717, 1.165) is 5.56 Å². The zero-order valence-electron chi connectivity index (χ0n) is 14.9. The van der Waals surface area contributed by atoms with Crippen LogP contribution in [0.3, 0.4) is 0 Å². The van der Waals surface area contributed by atoms with Gasteiger partial charge in [0.25, 0.3) is 0 Å². The second-order valence-electron chi connectivity index (χ2n) is 6.67. The number of rotatable bonds is 6. The first-order valence-electron chi connectivity index (χ1n) is 9.10. The van der Waals surface area contributed by atoms with Gasteiger partial charge in [-0.3, -0.25) is 0 Å². The molecule has 6 heteroatoms. The van der Waals surface area contributed by atoms with Gasteiger partial charge in [0.05, 0.1) is 6.21 Å². The molecule has 0 amide bonds. The lowest BCUT2D eigenvalue weighted by molar-refractivity contribution is -0.275. The highest BCUT2D eigenvalue weighted by Gasteiger charge is 2.32. The molecule has 1 aliphatic rings. The summed E-state index contributed by atoms with van der Waals surface area (Å²) in [7, 11) is 0. The molecule has 144 valence electrons. The molecule has 3 rings (SSSR count). The van der Waals surface area contributed by atoms with Crippen molar-refractivity contribution in [2.75, 3.05) is 0 Å². The van der Waals surface area contributed by atoms with Crippen LogP contribution >= 0.6 is 0 Å². The second kappa shape index (κ2) is 8.93. The van der Waals surface area contributed by atoms with Crippen LogP contribution in [0.15, 0.2) is 53.7 Å². The van der Waals surface area contributed by atoms with Crippen LogP contribution in [0.4, 0.5) is 13.2 Å². The van der Waals surface area contributed by atoms with E-state index < -0.39 is 6.36 Å². The van der Waals surface area contributed by atoms with E-state index in [2.05, 4.69) is 22.0 Å². The van der Waals surface area contributed by atoms with Crippen LogP contribution < -0.4 is 4.74 Å². The molecule has 0 N–H and O–H groups in total. The van der Waals surface area contributed by atoms with Crippen molar-refractivity contribution in [3.63, 3.8) is 0 Å². The summed E-state index contributed by atoms with van der Waals surface area (Å²) in [4.78, 5) is 5.19. The van der Waals surface area contributed by atoms with Crippen LogP contribution in [0.1, 0.15) is 54.7 Å². The fourth-order valence-corrected chi connectivity index (χ4v) is 3.38. The minimum absolute atomic E-state index is 0.106. The maximum absolute atomic E-state index is 12.4. The van der Waals surface area contributed by atoms with Gasteiger partial charge in [0.1, 0.15) is 12.4 Å². The third-order valence-corrected chi connectivity index (χ3v) is 4.68. The van der Waals surface area contributed by atoms with Gasteiger partial charge in [0.2, 0.25) is 0 Å². The van der Waals surface area contributed by atoms with Gasteiger partial charge in [-0.15, -0.1) is 13.2 Å². The predicted octanol–water partition coefficient (Wildman–Crippen LogP) is 6.18. The lowest BCUT2D eigenvalue weighted by Gasteiger charge is -2.22. The Bertz CT molecular complexity index is 768. The van der Waals surface area contributed by atoms with Gasteiger partial charge < -0.3 is 9.57 Å². The average molecular weight is 377 g/mol. The summed E-state index contributed by atoms with van der Waals surface area (Å²) in [6.07, 6.45) is 3.13. The molecule has 3 nitrogen and oxygen atoms in total. The smallest absolute Gasteiger partial charge is 0.405 e.